The molecule has 4 aromatic rings. The predicted octanol–water partition coefficient (Wildman–Crippen LogP) is 3.24. The van der Waals surface area contributed by atoms with Crippen molar-refractivity contribution in [3.8, 4) is 23.0 Å². The summed E-state index contributed by atoms with van der Waals surface area (Å²) in [6.45, 7) is 8.23. The Labute approximate surface area is 225 Å². The molecule has 0 spiro atoms. The van der Waals surface area contributed by atoms with E-state index in [1.54, 1.807) is 15.6 Å². The molecular formula is C26H30N6O4S2. The number of fused-ring (bicyclic) bond motifs is 1. The zero-order chi connectivity index (χ0) is 26.3. The summed E-state index contributed by atoms with van der Waals surface area (Å²) < 4.78 is 37.6. The fourth-order valence-electron chi connectivity index (χ4n) is 4.95. The molecule has 0 amide bonds. The van der Waals surface area contributed by atoms with Crippen molar-refractivity contribution in [1.82, 2.24) is 24.3 Å². The summed E-state index contributed by atoms with van der Waals surface area (Å²) in [7, 11) is -3.15. The molecule has 2 saturated heterocycles. The largest absolute Gasteiger partial charge is 0.378 e. The first-order valence-corrected chi connectivity index (χ1v) is 15.3. The van der Waals surface area contributed by atoms with Crippen LogP contribution in [0.25, 0.3) is 33.2 Å². The molecule has 0 unspecified atom stereocenters. The zero-order valence-electron chi connectivity index (χ0n) is 21.5. The Hall–Kier alpha value is -2.90. The monoisotopic (exact) mass is 554 g/mol. The number of thiophene rings is 1. The van der Waals surface area contributed by atoms with Crippen LogP contribution in [-0.2, 0) is 21.3 Å². The van der Waals surface area contributed by atoms with Crippen LogP contribution >= 0.6 is 11.3 Å². The first-order chi connectivity index (χ1) is 18.3. The number of hydrogen-bond donors (Lipinski definition) is 0. The number of pyridine rings is 1. The molecular weight excluding hydrogens is 524 g/mol. The fraction of sp³-hybridized carbons (Fsp3) is 0.423. The van der Waals surface area contributed by atoms with Crippen LogP contribution in [0.4, 0.5) is 5.69 Å². The van der Waals surface area contributed by atoms with Crippen molar-refractivity contribution < 1.29 is 17.7 Å². The van der Waals surface area contributed by atoms with Gasteiger partial charge in [-0.15, -0.1) is 11.3 Å². The molecule has 2 aliphatic heterocycles. The molecule has 0 radical (unpaired) electrons. The van der Waals surface area contributed by atoms with Crippen LogP contribution in [0.5, 0.6) is 0 Å². The van der Waals surface area contributed by atoms with Crippen molar-refractivity contribution >= 4 is 37.3 Å². The number of anilines is 1. The molecule has 6 rings (SSSR count). The van der Waals surface area contributed by atoms with Crippen molar-refractivity contribution in [3.05, 3.63) is 46.8 Å². The van der Waals surface area contributed by atoms with Gasteiger partial charge >= 0.3 is 0 Å². The molecule has 200 valence electrons. The number of morpholine rings is 1. The minimum atomic E-state index is -3.15. The molecule has 0 N–H and O–H groups in total. The Morgan fingerprint density at radius 3 is 2.53 bits per heavy atom. The standard InChI is InChI=1S/C26H30N6O4S2/c1-18-4-3-5-19(14-18)26-28-25(29-36-26)22-16-23(31-10-12-35-13-11-31)24-21(27-22)15-20(37-24)17-30-6-8-32(9-7-30)38(2,33)34/h3-5,14-16H,6-13,17H2,1-2H3. The quantitative estimate of drug-likeness (QED) is 0.355. The number of ether oxygens (including phenoxy) is 1. The van der Waals surface area contributed by atoms with E-state index in [2.05, 4.69) is 32.1 Å². The minimum Gasteiger partial charge on any atom is -0.378 e. The van der Waals surface area contributed by atoms with Crippen molar-refractivity contribution in [2.45, 2.75) is 13.5 Å². The van der Waals surface area contributed by atoms with Gasteiger partial charge in [0.25, 0.3) is 5.89 Å². The van der Waals surface area contributed by atoms with Crippen LogP contribution in [0.2, 0.25) is 0 Å². The van der Waals surface area contributed by atoms with Crippen molar-refractivity contribution in [2.24, 2.45) is 0 Å². The molecule has 38 heavy (non-hydrogen) atoms. The van der Waals surface area contributed by atoms with Crippen LogP contribution in [0.3, 0.4) is 0 Å². The van der Waals surface area contributed by atoms with E-state index in [1.165, 1.54) is 11.1 Å². The van der Waals surface area contributed by atoms with Crippen LogP contribution < -0.4 is 4.90 Å². The summed E-state index contributed by atoms with van der Waals surface area (Å²) in [6.07, 6.45) is 1.28. The average Bonchev–Trinajstić information content (AvgIpc) is 3.56. The lowest BCUT2D eigenvalue weighted by Crippen LogP contribution is -2.47. The Morgan fingerprint density at radius 1 is 1.00 bits per heavy atom. The Morgan fingerprint density at radius 2 is 1.79 bits per heavy atom. The normalized spacial score (nSPS) is 17.9. The van der Waals surface area contributed by atoms with Gasteiger partial charge in [0.1, 0.15) is 5.69 Å². The number of rotatable bonds is 6. The molecule has 1 aromatic carbocycles. The second-order valence-electron chi connectivity index (χ2n) is 9.78. The van der Waals surface area contributed by atoms with Gasteiger partial charge in [-0.3, -0.25) is 4.90 Å². The van der Waals surface area contributed by atoms with E-state index >= 15 is 0 Å². The third-order valence-electron chi connectivity index (χ3n) is 6.96. The molecule has 3 aromatic heterocycles. The van der Waals surface area contributed by atoms with E-state index in [9.17, 15) is 8.42 Å². The first kappa shape index (κ1) is 25.4. The lowest BCUT2D eigenvalue weighted by molar-refractivity contribution is 0.123. The lowest BCUT2D eigenvalue weighted by atomic mass is 10.1. The van der Waals surface area contributed by atoms with Gasteiger partial charge in [0.2, 0.25) is 15.8 Å². The molecule has 2 fully saturated rings. The Kier molecular flexibility index (Phi) is 6.91. The predicted molar refractivity (Wildman–Crippen MR) is 148 cm³/mol. The third-order valence-corrected chi connectivity index (χ3v) is 9.40. The summed E-state index contributed by atoms with van der Waals surface area (Å²) in [5, 5.41) is 4.26. The third kappa shape index (κ3) is 5.32. The number of nitrogens with zero attached hydrogens (tertiary/aromatic N) is 6. The number of aromatic nitrogens is 3. The average molecular weight is 555 g/mol. The van der Waals surface area contributed by atoms with Gasteiger partial charge in [-0.25, -0.2) is 13.4 Å². The molecule has 2 aliphatic rings. The summed E-state index contributed by atoms with van der Waals surface area (Å²) >= 11 is 1.74. The summed E-state index contributed by atoms with van der Waals surface area (Å²) in [4.78, 5) is 15.4. The van der Waals surface area contributed by atoms with Gasteiger partial charge in [-0.05, 0) is 31.2 Å². The number of aryl methyl sites for hydroxylation is 1. The SMILES string of the molecule is Cc1cccc(-c2nc(-c3cc(N4CCOCC4)c4sc(CN5CCN(S(C)(=O)=O)CC5)cc4n3)no2)c1. The van der Waals surface area contributed by atoms with Crippen LogP contribution in [0, 0.1) is 6.92 Å². The van der Waals surface area contributed by atoms with Crippen molar-refractivity contribution in [2.75, 3.05) is 63.6 Å². The lowest BCUT2D eigenvalue weighted by Gasteiger charge is -2.32. The topological polar surface area (TPSA) is 105 Å². The molecule has 5 heterocycles. The highest BCUT2D eigenvalue weighted by molar-refractivity contribution is 7.88. The molecule has 12 heteroatoms. The Balaban J connectivity index is 1.31. The first-order valence-electron chi connectivity index (χ1n) is 12.7. The smallest absolute Gasteiger partial charge is 0.258 e. The van der Waals surface area contributed by atoms with E-state index in [0.717, 1.165) is 46.7 Å². The molecule has 0 atom stereocenters. The highest BCUT2D eigenvalue weighted by Crippen LogP contribution is 2.37. The highest BCUT2D eigenvalue weighted by Gasteiger charge is 2.25. The number of piperazine rings is 1. The summed E-state index contributed by atoms with van der Waals surface area (Å²) in [6, 6.07) is 12.2. The van der Waals surface area contributed by atoms with Crippen molar-refractivity contribution in [3.63, 3.8) is 0 Å². The van der Waals surface area contributed by atoms with Crippen LogP contribution in [0.1, 0.15) is 10.4 Å². The molecule has 0 saturated carbocycles. The maximum atomic E-state index is 11.9. The molecule has 0 bridgehead atoms. The van der Waals surface area contributed by atoms with E-state index in [1.807, 2.05) is 31.2 Å². The number of sulfonamides is 1. The van der Waals surface area contributed by atoms with E-state index in [-0.39, 0.29) is 0 Å². The van der Waals surface area contributed by atoms with Gasteiger partial charge in [0.05, 0.1) is 35.4 Å². The van der Waals surface area contributed by atoms with Gasteiger partial charge in [-0.1, -0.05) is 22.9 Å². The second kappa shape index (κ2) is 10.3. The number of benzene rings is 1. The summed E-state index contributed by atoms with van der Waals surface area (Å²) in [5.41, 5.74) is 4.69. The molecule has 0 aliphatic carbocycles. The van der Waals surface area contributed by atoms with Crippen molar-refractivity contribution in [1.29, 1.82) is 0 Å². The zero-order valence-corrected chi connectivity index (χ0v) is 23.1. The van der Waals surface area contributed by atoms with Gasteiger partial charge in [0, 0.05) is 56.3 Å². The van der Waals surface area contributed by atoms with Gasteiger partial charge in [0.15, 0.2) is 0 Å². The minimum absolute atomic E-state index is 0.461. The maximum absolute atomic E-state index is 11.9. The highest BCUT2D eigenvalue weighted by atomic mass is 32.2. The summed E-state index contributed by atoms with van der Waals surface area (Å²) in [5.74, 6) is 0.931. The van der Waals surface area contributed by atoms with Crippen LogP contribution in [0.15, 0.2) is 40.9 Å². The van der Waals surface area contributed by atoms with E-state index in [0.29, 0.717) is 56.8 Å². The molecule has 10 nitrogen and oxygen atoms in total. The van der Waals surface area contributed by atoms with E-state index < -0.39 is 10.0 Å². The van der Waals surface area contributed by atoms with Gasteiger partial charge in [-0.2, -0.15) is 9.29 Å². The second-order valence-corrected chi connectivity index (χ2v) is 12.9. The van der Waals surface area contributed by atoms with Gasteiger partial charge < -0.3 is 14.2 Å². The fourth-order valence-corrected chi connectivity index (χ4v) is 6.96. The Bertz CT molecular complexity index is 1550. The van der Waals surface area contributed by atoms with Crippen LogP contribution in [-0.4, -0.2) is 91.5 Å². The number of hydrogen-bond acceptors (Lipinski definition) is 10. The maximum Gasteiger partial charge on any atom is 0.258 e. The van der Waals surface area contributed by atoms with E-state index in [4.69, 9.17) is 14.2 Å².